The monoisotopic (exact) mass is 302 g/mol. The topological polar surface area (TPSA) is 35.0 Å². The molecule has 0 saturated heterocycles. The standard InChI is InChI=1S/C17H22N2OS/c1-4-8-15-11-16(20-13(2)3)19-17(18-15)21-12-14-9-6-5-7-10-14/h5-7,9-11,13H,4,8,12H2,1-3H3. The minimum atomic E-state index is 0.126. The minimum absolute atomic E-state index is 0.126. The number of hydrogen-bond donors (Lipinski definition) is 0. The maximum Gasteiger partial charge on any atom is 0.217 e. The number of nitrogens with zero attached hydrogens (tertiary/aromatic N) is 2. The van der Waals surface area contributed by atoms with Crippen LogP contribution >= 0.6 is 11.8 Å². The molecular weight excluding hydrogens is 280 g/mol. The third kappa shape index (κ3) is 5.38. The van der Waals surface area contributed by atoms with Crippen molar-refractivity contribution in [3.05, 3.63) is 47.7 Å². The highest BCUT2D eigenvalue weighted by molar-refractivity contribution is 7.98. The Balaban J connectivity index is 2.11. The first-order chi connectivity index (χ1) is 10.2. The van der Waals surface area contributed by atoms with E-state index in [4.69, 9.17) is 4.74 Å². The Morgan fingerprint density at radius 3 is 2.57 bits per heavy atom. The molecule has 0 radical (unpaired) electrons. The molecule has 0 N–H and O–H groups in total. The summed E-state index contributed by atoms with van der Waals surface area (Å²) >= 11 is 1.65. The highest BCUT2D eigenvalue weighted by atomic mass is 32.2. The summed E-state index contributed by atoms with van der Waals surface area (Å²) in [6.07, 6.45) is 2.15. The van der Waals surface area contributed by atoms with Gasteiger partial charge in [0.25, 0.3) is 0 Å². The van der Waals surface area contributed by atoms with E-state index in [1.54, 1.807) is 11.8 Å². The second-order valence-electron chi connectivity index (χ2n) is 5.17. The van der Waals surface area contributed by atoms with Crippen LogP contribution in [0.3, 0.4) is 0 Å². The Labute approximate surface area is 131 Å². The molecule has 2 rings (SSSR count). The van der Waals surface area contributed by atoms with E-state index in [0.717, 1.165) is 29.4 Å². The van der Waals surface area contributed by atoms with E-state index in [1.165, 1.54) is 5.56 Å². The molecule has 1 aromatic carbocycles. The second kappa shape index (κ2) is 8.03. The number of aryl methyl sites for hydroxylation is 1. The molecule has 0 aliphatic carbocycles. The number of hydrogen-bond acceptors (Lipinski definition) is 4. The molecule has 21 heavy (non-hydrogen) atoms. The fourth-order valence-corrected chi connectivity index (χ4v) is 2.75. The van der Waals surface area contributed by atoms with Crippen molar-refractivity contribution in [1.29, 1.82) is 0 Å². The summed E-state index contributed by atoms with van der Waals surface area (Å²) in [5, 5.41) is 0.792. The average Bonchev–Trinajstić information content (AvgIpc) is 2.46. The van der Waals surface area contributed by atoms with Gasteiger partial charge in [0.15, 0.2) is 5.16 Å². The van der Waals surface area contributed by atoms with E-state index in [2.05, 4.69) is 41.2 Å². The predicted octanol–water partition coefficient (Wildman–Crippen LogP) is 4.51. The van der Waals surface area contributed by atoms with Crippen molar-refractivity contribution in [3.8, 4) is 5.88 Å². The van der Waals surface area contributed by atoms with Crippen LogP contribution in [0.5, 0.6) is 5.88 Å². The molecule has 0 amide bonds. The quantitative estimate of drug-likeness (QED) is 0.557. The molecule has 0 fully saturated rings. The van der Waals surface area contributed by atoms with Crippen LogP contribution in [-0.4, -0.2) is 16.1 Å². The van der Waals surface area contributed by atoms with E-state index in [1.807, 2.05) is 26.0 Å². The largest absolute Gasteiger partial charge is 0.475 e. The van der Waals surface area contributed by atoms with Crippen molar-refractivity contribution in [3.63, 3.8) is 0 Å². The smallest absolute Gasteiger partial charge is 0.217 e. The van der Waals surface area contributed by atoms with E-state index in [0.29, 0.717) is 5.88 Å². The van der Waals surface area contributed by atoms with Gasteiger partial charge in [-0.25, -0.2) is 4.98 Å². The van der Waals surface area contributed by atoms with Crippen LogP contribution in [0.25, 0.3) is 0 Å². The Bertz CT molecular complexity index is 558. The molecule has 1 aromatic heterocycles. The fraction of sp³-hybridized carbons (Fsp3) is 0.412. The van der Waals surface area contributed by atoms with E-state index in [9.17, 15) is 0 Å². The third-order valence-electron chi connectivity index (χ3n) is 2.81. The molecule has 0 saturated carbocycles. The SMILES string of the molecule is CCCc1cc(OC(C)C)nc(SCc2ccccc2)n1. The van der Waals surface area contributed by atoms with Gasteiger partial charge in [0.05, 0.1) is 6.10 Å². The normalized spacial score (nSPS) is 10.9. The van der Waals surface area contributed by atoms with Gasteiger partial charge in [0, 0.05) is 17.5 Å². The lowest BCUT2D eigenvalue weighted by atomic mass is 10.2. The van der Waals surface area contributed by atoms with Crippen LogP contribution in [0.4, 0.5) is 0 Å². The molecule has 0 bridgehead atoms. The lowest BCUT2D eigenvalue weighted by Gasteiger charge is -2.11. The molecule has 0 aliphatic heterocycles. The molecule has 0 atom stereocenters. The van der Waals surface area contributed by atoms with Gasteiger partial charge in [0.1, 0.15) is 0 Å². The van der Waals surface area contributed by atoms with Crippen molar-refractivity contribution in [2.45, 2.75) is 50.6 Å². The van der Waals surface area contributed by atoms with Crippen molar-refractivity contribution in [1.82, 2.24) is 9.97 Å². The van der Waals surface area contributed by atoms with E-state index in [-0.39, 0.29) is 6.10 Å². The molecule has 112 valence electrons. The Kier molecular flexibility index (Phi) is 6.05. The van der Waals surface area contributed by atoms with Crippen LogP contribution in [0, 0.1) is 0 Å². The highest BCUT2D eigenvalue weighted by Gasteiger charge is 2.08. The number of rotatable bonds is 7. The van der Waals surface area contributed by atoms with Gasteiger partial charge in [-0.3, -0.25) is 0 Å². The number of benzene rings is 1. The zero-order valence-corrected chi connectivity index (χ0v) is 13.7. The van der Waals surface area contributed by atoms with Crippen molar-refractivity contribution in [2.24, 2.45) is 0 Å². The maximum atomic E-state index is 5.73. The molecule has 4 heteroatoms. The summed E-state index contributed by atoms with van der Waals surface area (Å²) < 4.78 is 5.73. The van der Waals surface area contributed by atoms with Crippen molar-refractivity contribution >= 4 is 11.8 Å². The van der Waals surface area contributed by atoms with Gasteiger partial charge >= 0.3 is 0 Å². The molecule has 1 heterocycles. The summed E-state index contributed by atoms with van der Waals surface area (Å²) in [4.78, 5) is 9.12. The fourth-order valence-electron chi connectivity index (χ4n) is 1.92. The second-order valence-corrected chi connectivity index (χ2v) is 6.11. The number of aromatic nitrogens is 2. The molecule has 0 spiro atoms. The summed E-state index contributed by atoms with van der Waals surface area (Å²) in [6.45, 7) is 6.18. The summed E-state index contributed by atoms with van der Waals surface area (Å²) in [5.41, 5.74) is 2.33. The van der Waals surface area contributed by atoms with E-state index >= 15 is 0 Å². The van der Waals surface area contributed by atoms with Gasteiger partial charge in [-0.2, -0.15) is 4.98 Å². The Morgan fingerprint density at radius 2 is 1.90 bits per heavy atom. The minimum Gasteiger partial charge on any atom is -0.475 e. The molecule has 0 unspecified atom stereocenters. The first-order valence-electron chi connectivity index (χ1n) is 7.38. The molecule has 3 nitrogen and oxygen atoms in total. The lowest BCUT2D eigenvalue weighted by Crippen LogP contribution is -2.08. The first-order valence-corrected chi connectivity index (χ1v) is 8.37. The zero-order chi connectivity index (χ0) is 15.1. The maximum absolute atomic E-state index is 5.73. The molecular formula is C17H22N2OS. The summed E-state index contributed by atoms with van der Waals surface area (Å²) in [7, 11) is 0. The van der Waals surface area contributed by atoms with Crippen LogP contribution in [0.2, 0.25) is 0 Å². The van der Waals surface area contributed by atoms with Crippen LogP contribution < -0.4 is 4.74 Å². The Morgan fingerprint density at radius 1 is 1.14 bits per heavy atom. The van der Waals surface area contributed by atoms with Gasteiger partial charge in [-0.05, 0) is 25.8 Å². The third-order valence-corrected chi connectivity index (χ3v) is 3.73. The average molecular weight is 302 g/mol. The van der Waals surface area contributed by atoms with Crippen LogP contribution in [0.15, 0.2) is 41.6 Å². The lowest BCUT2D eigenvalue weighted by molar-refractivity contribution is 0.230. The van der Waals surface area contributed by atoms with Gasteiger partial charge in [0.2, 0.25) is 5.88 Å². The van der Waals surface area contributed by atoms with Crippen molar-refractivity contribution < 1.29 is 4.74 Å². The Hall–Kier alpha value is -1.55. The van der Waals surface area contributed by atoms with Gasteiger partial charge in [-0.1, -0.05) is 55.4 Å². The predicted molar refractivity (Wildman–Crippen MR) is 87.8 cm³/mol. The molecule has 0 aliphatic rings. The number of ether oxygens (including phenoxy) is 1. The van der Waals surface area contributed by atoms with Crippen LogP contribution in [0.1, 0.15) is 38.4 Å². The van der Waals surface area contributed by atoms with Crippen LogP contribution in [-0.2, 0) is 12.2 Å². The first kappa shape index (κ1) is 15.8. The zero-order valence-electron chi connectivity index (χ0n) is 12.9. The summed E-state index contributed by atoms with van der Waals surface area (Å²) in [6, 6.07) is 12.3. The van der Waals surface area contributed by atoms with Crippen molar-refractivity contribution in [2.75, 3.05) is 0 Å². The van der Waals surface area contributed by atoms with E-state index < -0.39 is 0 Å². The van der Waals surface area contributed by atoms with Gasteiger partial charge < -0.3 is 4.74 Å². The highest BCUT2D eigenvalue weighted by Crippen LogP contribution is 2.23. The molecule has 2 aromatic rings. The number of thioether (sulfide) groups is 1. The van der Waals surface area contributed by atoms with Gasteiger partial charge in [-0.15, -0.1) is 0 Å². The summed E-state index contributed by atoms with van der Waals surface area (Å²) in [5.74, 6) is 1.55.